The van der Waals surface area contributed by atoms with Crippen molar-refractivity contribution < 1.29 is 8.83 Å². The van der Waals surface area contributed by atoms with Gasteiger partial charge in [0.15, 0.2) is 0 Å². The molecular formula is C32H18O4. The summed E-state index contributed by atoms with van der Waals surface area (Å²) in [4.78, 5) is 25.6. The lowest BCUT2D eigenvalue weighted by molar-refractivity contribution is 0.563. The fourth-order valence-corrected chi connectivity index (χ4v) is 4.85. The SMILES string of the molecule is O=c1oc2cc3ccccc3cc2cc1-c1ccc(-c2cc3cc4ccccc4cc3oc2=O)cc1. The van der Waals surface area contributed by atoms with E-state index >= 15 is 0 Å². The predicted molar refractivity (Wildman–Crippen MR) is 144 cm³/mol. The summed E-state index contributed by atoms with van der Waals surface area (Å²) in [7, 11) is 0. The Labute approximate surface area is 204 Å². The van der Waals surface area contributed by atoms with Crippen LogP contribution in [0.2, 0.25) is 0 Å². The predicted octanol–water partition coefficient (Wildman–Crippen LogP) is 7.54. The van der Waals surface area contributed by atoms with Crippen molar-refractivity contribution >= 4 is 43.5 Å². The summed E-state index contributed by atoms with van der Waals surface area (Å²) in [6, 6.07) is 34.8. The fraction of sp³-hybridized carbons (Fsp3) is 0. The minimum atomic E-state index is -0.400. The summed E-state index contributed by atoms with van der Waals surface area (Å²) in [5.41, 5.74) is 2.70. The van der Waals surface area contributed by atoms with Gasteiger partial charge in [0.05, 0.1) is 11.1 Å². The molecule has 5 aromatic carbocycles. The number of hydrogen-bond donors (Lipinski definition) is 0. The van der Waals surface area contributed by atoms with Crippen LogP contribution in [0.15, 0.2) is 128 Å². The van der Waals surface area contributed by atoms with Gasteiger partial charge >= 0.3 is 11.3 Å². The van der Waals surface area contributed by atoms with Crippen molar-refractivity contribution in [2.45, 2.75) is 0 Å². The summed E-state index contributed by atoms with van der Waals surface area (Å²) < 4.78 is 11.3. The van der Waals surface area contributed by atoms with Crippen molar-refractivity contribution in [1.82, 2.24) is 0 Å². The van der Waals surface area contributed by atoms with Crippen LogP contribution < -0.4 is 11.3 Å². The van der Waals surface area contributed by atoms with E-state index in [1.807, 2.05) is 109 Å². The van der Waals surface area contributed by atoms with Crippen LogP contribution in [0.3, 0.4) is 0 Å². The summed E-state index contributed by atoms with van der Waals surface area (Å²) >= 11 is 0. The molecule has 0 saturated heterocycles. The molecule has 0 radical (unpaired) electrons. The molecule has 170 valence electrons. The van der Waals surface area contributed by atoms with E-state index in [4.69, 9.17) is 8.83 Å². The van der Waals surface area contributed by atoms with Crippen molar-refractivity contribution in [1.29, 1.82) is 0 Å². The summed E-state index contributed by atoms with van der Waals surface area (Å²) in [6.45, 7) is 0. The summed E-state index contributed by atoms with van der Waals surface area (Å²) in [5, 5.41) is 5.91. The molecule has 0 fully saturated rings. The Kier molecular flexibility index (Phi) is 4.42. The molecule has 2 aromatic heterocycles. The molecule has 2 heterocycles. The maximum atomic E-state index is 12.8. The molecule has 0 unspecified atom stereocenters. The molecule has 0 spiro atoms. The lowest BCUT2D eigenvalue weighted by Gasteiger charge is -2.07. The maximum Gasteiger partial charge on any atom is 0.344 e. The molecule has 0 saturated carbocycles. The largest absolute Gasteiger partial charge is 0.422 e. The third-order valence-electron chi connectivity index (χ3n) is 6.71. The second kappa shape index (κ2) is 7.79. The van der Waals surface area contributed by atoms with Crippen LogP contribution >= 0.6 is 0 Å². The van der Waals surface area contributed by atoms with Gasteiger partial charge in [-0.3, -0.25) is 0 Å². The van der Waals surface area contributed by atoms with Crippen LogP contribution in [0, 0.1) is 0 Å². The summed E-state index contributed by atoms with van der Waals surface area (Å²) in [6.07, 6.45) is 0. The van der Waals surface area contributed by atoms with Crippen molar-refractivity contribution in [2.75, 3.05) is 0 Å². The molecule has 4 nitrogen and oxygen atoms in total. The zero-order valence-corrected chi connectivity index (χ0v) is 19.0. The van der Waals surface area contributed by atoms with E-state index in [0.29, 0.717) is 22.3 Å². The second-order valence-corrected chi connectivity index (χ2v) is 8.95. The molecule has 0 aliphatic carbocycles. The van der Waals surface area contributed by atoms with Crippen molar-refractivity contribution in [2.24, 2.45) is 0 Å². The van der Waals surface area contributed by atoms with Gasteiger partial charge in [0, 0.05) is 10.8 Å². The maximum absolute atomic E-state index is 12.8. The van der Waals surface area contributed by atoms with Crippen LogP contribution in [0.25, 0.3) is 65.7 Å². The Balaban J connectivity index is 1.31. The van der Waals surface area contributed by atoms with E-state index in [2.05, 4.69) is 0 Å². The van der Waals surface area contributed by atoms with Gasteiger partial charge in [0.1, 0.15) is 11.2 Å². The molecule has 7 rings (SSSR count). The number of benzene rings is 5. The topological polar surface area (TPSA) is 60.4 Å². The minimum absolute atomic E-state index is 0.400. The zero-order valence-electron chi connectivity index (χ0n) is 19.0. The lowest BCUT2D eigenvalue weighted by atomic mass is 9.99. The van der Waals surface area contributed by atoms with Gasteiger partial charge in [-0.15, -0.1) is 0 Å². The van der Waals surface area contributed by atoms with E-state index in [9.17, 15) is 9.59 Å². The third-order valence-corrected chi connectivity index (χ3v) is 6.71. The van der Waals surface area contributed by atoms with E-state index in [1.54, 1.807) is 0 Å². The van der Waals surface area contributed by atoms with Crippen LogP contribution in [0.5, 0.6) is 0 Å². The first-order valence-corrected chi connectivity index (χ1v) is 11.7. The minimum Gasteiger partial charge on any atom is -0.422 e. The molecular weight excluding hydrogens is 448 g/mol. The van der Waals surface area contributed by atoms with E-state index in [0.717, 1.165) is 43.4 Å². The molecule has 0 aliphatic rings. The average molecular weight is 466 g/mol. The van der Waals surface area contributed by atoms with E-state index < -0.39 is 11.3 Å². The quantitative estimate of drug-likeness (QED) is 0.195. The Hall–Kier alpha value is -4.96. The molecule has 0 atom stereocenters. The van der Waals surface area contributed by atoms with Crippen LogP contribution in [0.4, 0.5) is 0 Å². The van der Waals surface area contributed by atoms with Gasteiger partial charge in [0.25, 0.3) is 0 Å². The van der Waals surface area contributed by atoms with Crippen molar-refractivity contribution in [3.63, 3.8) is 0 Å². The smallest absolute Gasteiger partial charge is 0.344 e. The first-order valence-electron chi connectivity index (χ1n) is 11.7. The molecule has 0 aliphatic heterocycles. The highest BCUT2D eigenvalue weighted by Crippen LogP contribution is 2.29. The number of fused-ring (bicyclic) bond motifs is 4. The normalized spacial score (nSPS) is 11.6. The first kappa shape index (κ1) is 20.4. The van der Waals surface area contributed by atoms with Gasteiger partial charge in [-0.1, -0.05) is 72.8 Å². The monoisotopic (exact) mass is 466 g/mol. The standard InChI is InChI=1S/C32H18O4/c33-31-27(15-25-13-21-5-1-3-7-23(21)17-29(25)35-31)19-9-11-20(12-10-19)28-16-26-14-22-6-2-4-8-24(22)18-30(26)36-32(28)34/h1-18H. The van der Waals surface area contributed by atoms with E-state index in [-0.39, 0.29) is 0 Å². The van der Waals surface area contributed by atoms with Crippen molar-refractivity contribution in [3.05, 3.63) is 130 Å². The number of rotatable bonds is 2. The van der Waals surface area contributed by atoms with Gasteiger partial charge in [-0.25, -0.2) is 9.59 Å². The molecule has 36 heavy (non-hydrogen) atoms. The van der Waals surface area contributed by atoms with Crippen LogP contribution in [-0.4, -0.2) is 0 Å². The highest BCUT2D eigenvalue weighted by atomic mass is 16.4. The Morgan fingerprint density at radius 3 is 1.14 bits per heavy atom. The van der Waals surface area contributed by atoms with Crippen LogP contribution in [-0.2, 0) is 0 Å². The van der Waals surface area contributed by atoms with Crippen LogP contribution in [0.1, 0.15) is 0 Å². The van der Waals surface area contributed by atoms with E-state index in [1.165, 1.54) is 0 Å². The highest BCUT2D eigenvalue weighted by molar-refractivity contribution is 5.98. The average Bonchev–Trinajstić information content (AvgIpc) is 2.90. The zero-order chi connectivity index (χ0) is 24.2. The molecule has 0 amide bonds. The highest BCUT2D eigenvalue weighted by Gasteiger charge is 2.12. The Morgan fingerprint density at radius 2 is 0.750 bits per heavy atom. The number of hydrogen-bond acceptors (Lipinski definition) is 4. The van der Waals surface area contributed by atoms with Gasteiger partial charge < -0.3 is 8.83 Å². The molecule has 4 heteroatoms. The van der Waals surface area contributed by atoms with Gasteiger partial charge in [-0.05, 0) is 69.1 Å². The Bertz CT molecular complexity index is 1930. The third kappa shape index (κ3) is 3.31. The fourth-order valence-electron chi connectivity index (χ4n) is 4.85. The summed E-state index contributed by atoms with van der Waals surface area (Å²) in [5.74, 6) is 0. The second-order valence-electron chi connectivity index (χ2n) is 8.95. The van der Waals surface area contributed by atoms with Gasteiger partial charge in [-0.2, -0.15) is 0 Å². The van der Waals surface area contributed by atoms with Crippen molar-refractivity contribution in [3.8, 4) is 22.3 Å². The van der Waals surface area contributed by atoms with Gasteiger partial charge in [0.2, 0.25) is 0 Å². The molecule has 0 N–H and O–H groups in total. The molecule has 0 bridgehead atoms. The molecule has 7 aromatic rings. The lowest BCUT2D eigenvalue weighted by Crippen LogP contribution is -2.04. The Morgan fingerprint density at radius 1 is 0.389 bits per heavy atom. The first-order chi connectivity index (χ1) is 17.6.